The van der Waals surface area contributed by atoms with E-state index in [1.165, 1.54) is 11.8 Å². The van der Waals surface area contributed by atoms with Gasteiger partial charge in [-0.3, -0.25) is 4.79 Å². The second-order valence-electron chi connectivity index (χ2n) is 4.59. The van der Waals surface area contributed by atoms with Gasteiger partial charge in [0, 0.05) is 5.92 Å². The van der Waals surface area contributed by atoms with E-state index >= 15 is 0 Å². The van der Waals surface area contributed by atoms with Crippen LogP contribution in [0.2, 0.25) is 0 Å². The summed E-state index contributed by atoms with van der Waals surface area (Å²) in [6.45, 7) is 2.90. The Kier molecular flexibility index (Phi) is 2.71. The predicted molar refractivity (Wildman–Crippen MR) is 56.7 cm³/mol. The van der Waals surface area contributed by atoms with Crippen LogP contribution in [0.5, 0.6) is 0 Å². The Labute approximate surface area is 98.2 Å². The molecule has 6 heteroatoms. The van der Waals surface area contributed by atoms with Crippen LogP contribution in [0, 0.1) is 11.8 Å². The first-order chi connectivity index (χ1) is 7.91. The lowest BCUT2D eigenvalue weighted by molar-refractivity contribution is -0.163. The lowest BCUT2D eigenvalue weighted by Crippen LogP contribution is -2.63. The van der Waals surface area contributed by atoms with Gasteiger partial charge in [0.1, 0.15) is 5.70 Å². The van der Waals surface area contributed by atoms with Crippen molar-refractivity contribution >= 4 is 11.9 Å². The van der Waals surface area contributed by atoms with Crippen LogP contribution < -0.4 is 0 Å². The highest BCUT2D eigenvalue weighted by Crippen LogP contribution is 2.46. The molecule has 0 aromatic heterocycles. The van der Waals surface area contributed by atoms with Gasteiger partial charge in [0.15, 0.2) is 0 Å². The number of fused-ring (bicyclic) bond motifs is 1. The molecule has 4 atom stereocenters. The van der Waals surface area contributed by atoms with Crippen LogP contribution in [0.4, 0.5) is 0 Å². The molecule has 0 bridgehead atoms. The van der Waals surface area contributed by atoms with Gasteiger partial charge in [-0.15, -0.1) is 0 Å². The fourth-order valence-electron chi connectivity index (χ4n) is 2.85. The number of β-lactam (4-membered cyclic amide) rings is 1. The van der Waals surface area contributed by atoms with Crippen molar-refractivity contribution < 1.29 is 24.9 Å². The molecule has 1 saturated heterocycles. The summed E-state index contributed by atoms with van der Waals surface area (Å²) in [5.74, 6) is -2.38. The monoisotopic (exact) mass is 241 g/mol. The van der Waals surface area contributed by atoms with Gasteiger partial charge >= 0.3 is 5.97 Å². The Balaban J connectivity index is 2.39. The van der Waals surface area contributed by atoms with Crippen molar-refractivity contribution in [2.24, 2.45) is 11.8 Å². The highest BCUT2D eigenvalue weighted by atomic mass is 16.4. The number of rotatable bonds is 3. The molecular formula is C11H15NO5. The van der Waals surface area contributed by atoms with Gasteiger partial charge in [-0.2, -0.15) is 0 Å². The smallest absolute Gasteiger partial charge is 0.352 e. The van der Waals surface area contributed by atoms with Crippen molar-refractivity contribution in [3.8, 4) is 0 Å². The summed E-state index contributed by atoms with van der Waals surface area (Å²) in [5.41, 5.74) is 0.242. The number of carboxylic acids is 1. The van der Waals surface area contributed by atoms with E-state index in [1.807, 2.05) is 0 Å². The van der Waals surface area contributed by atoms with E-state index in [2.05, 4.69) is 0 Å². The fraction of sp³-hybridized carbons (Fsp3) is 0.636. The van der Waals surface area contributed by atoms with Gasteiger partial charge in [0.25, 0.3) is 0 Å². The normalized spacial score (nSPS) is 33.5. The molecule has 2 aliphatic heterocycles. The number of carbonyl (C=O) groups is 2. The summed E-state index contributed by atoms with van der Waals surface area (Å²) in [6.07, 6.45) is -0.806. The summed E-state index contributed by atoms with van der Waals surface area (Å²) in [5, 5.41) is 27.8. The van der Waals surface area contributed by atoms with E-state index in [-0.39, 0.29) is 30.2 Å². The number of carbonyl (C=O) groups excluding carboxylic acids is 1. The highest BCUT2D eigenvalue weighted by Gasteiger charge is 2.59. The van der Waals surface area contributed by atoms with Gasteiger partial charge in [-0.1, -0.05) is 6.92 Å². The van der Waals surface area contributed by atoms with E-state index < -0.39 is 18.0 Å². The Morgan fingerprint density at radius 2 is 2.12 bits per heavy atom. The number of carboxylic acid groups (broad SMARTS) is 1. The Morgan fingerprint density at radius 1 is 1.53 bits per heavy atom. The lowest BCUT2D eigenvalue weighted by Gasteiger charge is -2.46. The average Bonchev–Trinajstić information content (AvgIpc) is 2.47. The van der Waals surface area contributed by atoms with Gasteiger partial charge in [0.2, 0.25) is 5.91 Å². The summed E-state index contributed by atoms with van der Waals surface area (Å²) in [4.78, 5) is 24.1. The summed E-state index contributed by atoms with van der Waals surface area (Å²) in [6, 6.07) is -0.337. The maximum atomic E-state index is 11.8. The third kappa shape index (κ3) is 1.41. The largest absolute Gasteiger partial charge is 0.477 e. The minimum absolute atomic E-state index is 0.119. The summed E-state index contributed by atoms with van der Waals surface area (Å²) < 4.78 is 0. The Hall–Kier alpha value is -1.40. The minimum atomic E-state index is -1.21. The summed E-state index contributed by atoms with van der Waals surface area (Å²) >= 11 is 0. The second-order valence-corrected chi connectivity index (χ2v) is 4.59. The quantitative estimate of drug-likeness (QED) is 0.560. The Morgan fingerprint density at radius 3 is 2.53 bits per heavy atom. The molecule has 1 fully saturated rings. The second kappa shape index (κ2) is 3.82. The first-order valence-corrected chi connectivity index (χ1v) is 5.50. The molecule has 0 saturated carbocycles. The van der Waals surface area contributed by atoms with Gasteiger partial charge < -0.3 is 20.2 Å². The van der Waals surface area contributed by atoms with E-state index in [0.29, 0.717) is 5.57 Å². The van der Waals surface area contributed by atoms with E-state index in [4.69, 9.17) is 5.11 Å². The molecule has 2 rings (SSSR count). The van der Waals surface area contributed by atoms with Gasteiger partial charge in [0.05, 0.1) is 24.7 Å². The molecule has 0 spiro atoms. The lowest BCUT2D eigenvalue weighted by atomic mass is 9.78. The van der Waals surface area contributed by atoms with Crippen LogP contribution in [0.25, 0.3) is 0 Å². The van der Waals surface area contributed by atoms with Crippen LogP contribution in [0.3, 0.4) is 0 Å². The predicted octanol–water partition coefficient (Wildman–Crippen LogP) is -0.825. The number of amides is 1. The maximum Gasteiger partial charge on any atom is 0.352 e. The van der Waals surface area contributed by atoms with E-state index in [0.717, 1.165) is 0 Å². The molecule has 6 nitrogen and oxygen atoms in total. The number of aliphatic carboxylic acids is 1. The van der Waals surface area contributed by atoms with Crippen molar-refractivity contribution in [2.45, 2.75) is 26.0 Å². The fourth-order valence-corrected chi connectivity index (χ4v) is 2.85. The number of aliphatic hydroxyl groups excluding tert-OH is 2. The molecule has 2 aliphatic rings. The van der Waals surface area contributed by atoms with E-state index in [9.17, 15) is 19.8 Å². The zero-order valence-electron chi connectivity index (χ0n) is 9.62. The van der Waals surface area contributed by atoms with Crippen molar-refractivity contribution in [3.05, 3.63) is 11.3 Å². The minimum Gasteiger partial charge on any atom is -0.477 e. The van der Waals surface area contributed by atoms with Crippen LogP contribution in [0.1, 0.15) is 13.8 Å². The molecule has 0 aromatic carbocycles. The number of hydrogen-bond donors (Lipinski definition) is 3. The number of nitrogens with zero attached hydrogens (tertiary/aromatic N) is 1. The maximum absolute atomic E-state index is 11.8. The SMILES string of the molecule is C[C@@H](O)[C@H]1C(=O)N2C(C(=O)O)=C(CO)[C@H](C)[C@H]12. The average molecular weight is 241 g/mol. The van der Waals surface area contributed by atoms with Gasteiger partial charge in [-0.25, -0.2) is 4.79 Å². The molecule has 3 N–H and O–H groups in total. The van der Waals surface area contributed by atoms with Gasteiger partial charge in [-0.05, 0) is 12.5 Å². The molecule has 2 heterocycles. The highest BCUT2D eigenvalue weighted by molar-refractivity contribution is 6.00. The molecule has 0 aliphatic carbocycles. The van der Waals surface area contributed by atoms with Crippen LogP contribution in [-0.4, -0.2) is 50.8 Å². The number of hydrogen-bond acceptors (Lipinski definition) is 4. The molecule has 1 amide bonds. The molecule has 17 heavy (non-hydrogen) atoms. The molecular weight excluding hydrogens is 226 g/mol. The van der Waals surface area contributed by atoms with Crippen molar-refractivity contribution in [3.63, 3.8) is 0 Å². The topological polar surface area (TPSA) is 98.1 Å². The molecule has 0 unspecified atom stereocenters. The molecule has 0 aromatic rings. The third-order valence-corrected chi connectivity index (χ3v) is 3.69. The molecule has 0 radical (unpaired) electrons. The number of aliphatic hydroxyl groups is 2. The van der Waals surface area contributed by atoms with E-state index in [1.54, 1.807) is 6.92 Å². The Bertz CT molecular complexity index is 414. The van der Waals surface area contributed by atoms with Crippen molar-refractivity contribution in [1.82, 2.24) is 4.90 Å². The standard InChI is InChI=1S/C11H15NO5/c1-4-6(3-13)9(11(16)17)12-8(4)7(5(2)14)10(12)15/h4-5,7-8,13-14H,3H2,1-2H3,(H,16,17)/t4-,5+,7+,8+/m0/s1. The third-order valence-electron chi connectivity index (χ3n) is 3.69. The van der Waals surface area contributed by atoms with Crippen LogP contribution >= 0.6 is 0 Å². The van der Waals surface area contributed by atoms with Crippen molar-refractivity contribution in [2.75, 3.05) is 6.61 Å². The zero-order valence-corrected chi connectivity index (χ0v) is 9.62. The van der Waals surface area contributed by atoms with Crippen LogP contribution in [-0.2, 0) is 9.59 Å². The zero-order chi connectivity index (χ0) is 12.9. The molecule has 94 valence electrons. The first-order valence-electron chi connectivity index (χ1n) is 5.50. The summed E-state index contributed by atoms with van der Waals surface area (Å²) in [7, 11) is 0. The van der Waals surface area contributed by atoms with Crippen molar-refractivity contribution in [1.29, 1.82) is 0 Å². The van der Waals surface area contributed by atoms with Crippen LogP contribution in [0.15, 0.2) is 11.3 Å². The first kappa shape index (κ1) is 12.1.